The van der Waals surface area contributed by atoms with Crippen LogP contribution in [0.2, 0.25) is 0 Å². The van der Waals surface area contributed by atoms with Crippen LogP contribution >= 0.6 is 11.9 Å². The maximum Gasteiger partial charge on any atom is 1.00 e. The summed E-state index contributed by atoms with van der Waals surface area (Å²) in [6.45, 7) is 0. The number of hydrogen-bond acceptors (Lipinski definition) is 1. The average Bonchev–Trinajstić information content (AvgIpc) is 1.00. The van der Waals surface area contributed by atoms with Gasteiger partial charge in [0.05, 0.1) is 11.9 Å². The molecule has 1 nitrogen and oxygen atoms in total. The van der Waals surface area contributed by atoms with Gasteiger partial charge in [-0.05, 0) is 0 Å². The first-order valence-electron chi connectivity index (χ1n) is 0.169. The Labute approximate surface area is 62.6 Å². The van der Waals surface area contributed by atoms with Gasteiger partial charge < -0.3 is 17.0 Å². The second-order valence-corrected chi connectivity index (χ2v) is 0. The summed E-state index contributed by atoms with van der Waals surface area (Å²) in [6, 6.07) is 0. The molecule has 0 atom stereocenters. The molecule has 0 unspecified atom stereocenters. The Morgan fingerprint density at radius 3 is 1.25 bits per heavy atom. The molecule has 0 saturated carbocycles. The van der Waals surface area contributed by atoms with E-state index in [4.69, 9.17) is 4.66 Å². The predicted molar refractivity (Wildman–Crippen MR) is 8.07 cm³/mol. The monoisotopic (exact) mass is 154 g/mol. The van der Waals surface area contributed by atoms with Crippen molar-refractivity contribution < 1.29 is 51.2 Å². The van der Waals surface area contributed by atoms with Gasteiger partial charge >= 0.3 is 29.6 Å². The fourth-order valence-electron chi connectivity index (χ4n) is 0. The Morgan fingerprint density at radius 1 is 1.25 bits per heavy atom. The molecular formula is HBrClNaO. The molecule has 4 heteroatoms. The predicted octanol–water partition coefficient (Wildman–Crippen LogP) is -5.86. The number of rotatable bonds is 0. The van der Waals surface area contributed by atoms with Crippen molar-refractivity contribution in [2.75, 3.05) is 0 Å². The van der Waals surface area contributed by atoms with Crippen molar-refractivity contribution in [3.05, 3.63) is 0 Å². The van der Waals surface area contributed by atoms with Crippen LogP contribution in [0.1, 0.15) is 0 Å². The molecular weight excluding hydrogens is 154 g/mol. The van der Waals surface area contributed by atoms with Crippen LogP contribution in [0.15, 0.2) is 0 Å². The molecule has 0 spiro atoms. The van der Waals surface area contributed by atoms with E-state index in [-0.39, 0.29) is 46.5 Å². The molecule has 4 heavy (non-hydrogen) atoms. The third kappa shape index (κ3) is 9.29. The number of halogens is 2. The summed E-state index contributed by atoms with van der Waals surface area (Å²) >= 11 is 3.64. The van der Waals surface area contributed by atoms with Gasteiger partial charge in [-0.2, -0.15) is 0 Å². The SMILES string of the molecule is OCl.[Br-].[Na+]. The molecule has 0 amide bonds. The molecule has 0 aliphatic heterocycles. The molecule has 0 aromatic rings. The van der Waals surface area contributed by atoms with E-state index in [0.29, 0.717) is 0 Å². The summed E-state index contributed by atoms with van der Waals surface area (Å²) in [7, 11) is 0. The Bertz CT molecular complexity index is 8.00. The summed E-state index contributed by atoms with van der Waals surface area (Å²) < 4.78 is 6.47. The van der Waals surface area contributed by atoms with Crippen LogP contribution < -0.4 is 46.5 Å². The van der Waals surface area contributed by atoms with Crippen molar-refractivity contribution >= 4 is 11.9 Å². The van der Waals surface area contributed by atoms with E-state index in [1.807, 2.05) is 0 Å². The van der Waals surface area contributed by atoms with E-state index < -0.39 is 0 Å². The first kappa shape index (κ1) is 17.2. The zero-order valence-corrected chi connectivity index (χ0v) is 6.55. The van der Waals surface area contributed by atoms with E-state index in [1.54, 1.807) is 0 Å². The molecule has 0 aromatic heterocycles. The van der Waals surface area contributed by atoms with Crippen molar-refractivity contribution in [2.24, 2.45) is 0 Å². The Morgan fingerprint density at radius 2 is 1.25 bits per heavy atom. The van der Waals surface area contributed by atoms with Crippen LogP contribution in [-0.4, -0.2) is 4.66 Å². The Balaban J connectivity index is -0.00000000500. The maximum absolute atomic E-state index is 6.47. The summed E-state index contributed by atoms with van der Waals surface area (Å²) in [5.41, 5.74) is 0. The van der Waals surface area contributed by atoms with Crippen LogP contribution in [0, 0.1) is 0 Å². The summed E-state index contributed by atoms with van der Waals surface area (Å²) in [4.78, 5) is 0. The van der Waals surface area contributed by atoms with Crippen LogP contribution in [0.3, 0.4) is 0 Å². The van der Waals surface area contributed by atoms with Crippen molar-refractivity contribution in [1.82, 2.24) is 0 Å². The number of hydrogen-bond donors (Lipinski definition) is 1. The van der Waals surface area contributed by atoms with Crippen LogP contribution in [-0.2, 0) is 0 Å². The second-order valence-electron chi connectivity index (χ2n) is 0. The van der Waals surface area contributed by atoms with E-state index in [9.17, 15) is 0 Å². The van der Waals surface area contributed by atoms with Crippen molar-refractivity contribution in [1.29, 1.82) is 0 Å². The molecule has 0 saturated heterocycles. The first-order valence-corrected chi connectivity index (χ1v) is 0.507. The van der Waals surface area contributed by atoms with Gasteiger partial charge in [-0.15, -0.1) is 0 Å². The fourth-order valence-corrected chi connectivity index (χ4v) is 0. The van der Waals surface area contributed by atoms with Crippen LogP contribution in [0.4, 0.5) is 0 Å². The van der Waals surface area contributed by atoms with Gasteiger partial charge in [-0.1, -0.05) is 0 Å². The summed E-state index contributed by atoms with van der Waals surface area (Å²) in [5, 5.41) is 0. The van der Waals surface area contributed by atoms with Gasteiger partial charge in [0.15, 0.2) is 0 Å². The van der Waals surface area contributed by atoms with Crippen molar-refractivity contribution in [2.45, 2.75) is 0 Å². The zero-order valence-electron chi connectivity index (χ0n) is 2.20. The third-order valence-corrected chi connectivity index (χ3v) is 0. The van der Waals surface area contributed by atoms with E-state index in [1.165, 1.54) is 0 Å². The molecule has 0 aromatic carbocycles. The molecule has 0 aliphatic carbocycles. The van der Waals surface area contributed by atoms with Gasteiger partial charge in [0, 0.05) is 0 Å². The molecule has 22 valence electrons. The molecule has 1 N–H and O–H groups in total. The van der Waals surface area contributed by atoms with Crippen LogP contribution in [0.5, 0.6) is 0 Å². The van der Waals surface area contributed by atoms with E-state index >= 15 is 0 Å². The van der Waals surface area contributed by atoms with Gasteiger partial charge in [0.1, 0.15) is 0 Å². The quantitative estimate of drug-likeness (QED) is 0.346. The Hall–Kier alpha value is 1.73. The van der Waals surface area contributed by atoms with Crippen molar-refractivity contribution in [3.8, 4) is 0 Å². The standard InChI is InChI=1S/BrH.ClHO.Na/c;1-2;/h1H;2H;/q;;+1/p-1. The topological polar surface area (TPSA) is 20.2 Å². The minimum absolute atomic E-state index is 0. The van der Waals surface area contributed by atoms with E-state index in [0.717, 1.165) is 0 Å². The normalized spacial score (nSPS) is 1.50. The smallest absolute Gasteiger partial charge is 1.00 e. The molecule has 0 bridgehead atoms. The van der Waals surface area contributed by atoms with Gasteiger partial charge in [0.25, 0.3) is 0 Å². The Kier molecular flexibility index (Phi) is 94.6. The molecule has 0 radical (unpaired) electrons. The van der Waals surface area contributed by atoms with Crippen LogP contribution in [0.25, 0.3) is 0 Å². The van der Waals surface area contributed by atoms with Gasteiger partial charge in [-0.3, -0.25) is 4.66 Å². The fraction of sp³-hybridized carbons (Fsp3) is 0. The first-order chi connectivity index (χ1) is 1.00. The zero-order chi connectivity index (χ0) is 2.00. The molecule has 0 heterocycles. The maximum atomic E-state index is 6.47. The van der Waals surface area contributed by atoms with Gasteiger partial charge in [-0.25, -0.2) is 0 Å². The minimum Gasteiger partial charge on any atom is -1.00 e. The summed E-state index contributed by atoms with van der Waals surface area (Å²) in [6.07, 6.45) is 0. The van der Waals surface area contributed by atoms with Gasteiger partial charge in [0.2, 0.25) is 0 Å². The average molecular weight is 155 g/mol. The van der Waals surface area contributed by atoms with E-state index in [2.05, 4.69) is 11.9 Å². The minimum atomic E-state index is 0. The molecule has 0 rings (SSSR count). The molecule has 0 fully saturated rings. The third-order valence-electron chi connectivity index (χ3n) is 0. The largest absolute Gasteiger partial charge is 1.00 e. The summed E-state index contributed by atoms with van der Waals surface area (Å²) in [5.74, 6) is 0. The molecule has 0 aliphatic rings. The second kappa shape index (κ2) is 22.0. The van der Waals surface area contributed by atoms with Crippen molar-refractivity contribution in [3.63, 3.8) is 0 Å².